The average molecular weight is 974 g/mol. The zero-order chi connectivity index (χ0) is 40.6. The zero-order valence-electron chi connectivity index (χ0n) is 26.7. The predicted octanol–water partition coefficient (Wildman–Crippen LogP) is -7.06. The summed E-state index contributed by atoms with van der Waals surface area (Å²) in [5.74, 6) is -20.9. The van der Waals surface area contributed by atoms with Gasteiger partial charge in [-0.1, -0.05) is 0 Å². The normalized spacial score (nSPS) is 36.3. The number of fused-ring (bicyclic) bond motifs is 9. The molecule has 0 saturated carbocycles. The third kappa shape index (κ3) is 7.68. The molecule has 0 amide bonds. The number of carbonyl (C=O) groups is 12. The molecule has 28 nitrogen and oxygen atoms in total. The molecule has 6 rings (SSSR count). The Bertz CT molecular complexity index is 1750. The monoisotopic (exact) mass is 978 g/mol. The van der Waals surface area contributed by atoms with Crippen LogP contribution in [0.25, 0.3) is 0 Å². The Morgan fingerprint density at radius 2 is 0.709 bits per heavy atom. The summed E-state index contributed by atoms with van der Waals surface area (Å²) < 4.78 is 57.3. The summed E-state index contributed by atoms with van der Waals surface area (Å²) in [4.78, 5) is 152. The summed E-state index contributed by atoms with van der Waals surface area (Å²) in [6, 6.07) is 0. The van der Waals surface area contributed by atoms with Crippen LogP contribution in [0.2, 0.25) is 0 Å². The van der Waals surface area contributed by atoms with Gasteiger partial charge in [-0.15, -0.1) is 0 Å². The Kier molecular flexibility index (Phi) is 9.49. The zero-order valence-corrected chi connectivity index (χ0v) is 33.0. The number of hydrogen-bond acceptors (Lipinski definition) is 28. The van der Waals surface area contributed by atoms with Gasteiger partial charge in [0.05, 0.1) is 0 Å². The maximum absolute atomic E-state index is 13.7. The molecule has 55 heavy (non-hydrogen) atoms. The van der Waals surface area contributed by atoms with Crippen molar-refractivity contribution in [3.05, 3.63) is 0 Å². The summed E-state index contributed by atoms with van der Waals surface area (Å²) in [6.07, 6.45) is -11.3. The minimum atomic E-state index is -6.57. The quantitative estimate of drug-likeness (QED) is 0.164. The van der Waals surface area contributed by atoms with Crippen LogP contribution in [0.1, 0.15) is 51.4 Å². The molecule has 0 aromatic heterocycles. The molecule has 6 bridgehead atoms. The summed E-state index contributed by atoms with van der Waals surface area (Å²) in [5.41, 5.74) is -12.5. The molecule has 31 heteroatoms. The van der Waals surface area contributed by atoms with E-state index in [1.54, 1.807) is 0 Å². The van der Waals surface area contributed by atoms with Gasteiger partial charge < -0.3 is 0 Å². The van der Waals surface area contributed by atoms with Crippen molar-refractivity contribution in [3.8, 4) is 0 Å². The Morgan fingerprint density at radius 1 is 0.473 bits per heavy atom. The summed E-state index contributed by atoms with van der Waals surface area (Å²) in [5, 5.41) is 42.9. The van der Waals surface area contributed by atoms with E-state index in [1.807, 2.05) is 0 Å². The van der Waals surface area contributed by atoms with Gasteiger partial charge in [0.15, 0.2) is 0 Å². The molecule has 6 heterocycles. The van der Waals surface area contributed by atoms with Crippen molar-refractivity contribution in [2.45, 2.75) is 73.8 Å². The minimum absolute atomic E-state index is 1.20. The molecule has 0 aromatic carbocycles. The van der Waals surface area contributed by atoms with Gasteiger partial charge in [0.25, 0.3) is 0 Å². The summed E-state index contributed by atoms with van der Waals surface area (Å²) in [7, 11) is 0. The molecule has 6 fully saturated rings. The fourth-order valence-electron chi connectivity index (χ4n) is 5.35. The maximum atomic E-state index is 13.7. The van der Waals surface area contributed by atoms with Crippen LogP contribution in [0, 0.1) is 0 Å². The molecular formula is C24H20Ge3O28. The second kappa shape index (κ2) is 13.1. The van der Waals surface area contributed by atoms with Crippen LogP contribution in [0.15, 0.2) is 0 Å². The van der Waals surface area contributed by atoms with Crippen LogP contribution in [0.3, 0.4) is 0 Å². The van der Waals surface area contributed by atoms with Crippen molar-refractivity contribution in [3.63, 3.8) is 0 Å². The fourth-order valence-corrected chi connectivity index (χ4v) is 16.3. The molecule has 4 N–H and O–H groups in total. The molecule has 6 aliphatic heterocycles. The van der Waals surface area contributed by atoms with Gasteiger partial charge in [0, 0.05) is 0 Å². The van der Waals surface area contributed by atoms with Gasteiger partial charge in [-0.05, 0) is 0 Å². The van der Waals surface area contributed by atoms with Gasteiger partial charge in [-0.3, -0.25) is 0 Å². The van der Waals surface area contributed by atoms with Crippen molar-refractivity contribution in [1.29, 1.82) is 0 Å². The Hall–Kier alpha value is -4.89. The fraction of sp³-hybridized carbons (Fsp3) is 0.500. The van der Waals surface area contributed by atoms with Crippen LogP contribution in [0.5, 0.6) is 0 Å². The van der Waals surface area contributed by atoms with Crippen molar-refractivity contribution in [2.75, 3.05) is 0 Å². The van der Waals surface area contributed by atoms with Crippen molar-refractivity contribution < 1.29 is 123 Å². The molecule has 0 atom stereocenters. The first-order chi connectivity index (χ1) is 25.3. The van der Waals surface area contributed by atoms with E-state index in [9.17, 15) is 78.0 Å². The number of hydrogen-bond donors (Lipinski definition) is 4. The molecule has 0 radical (unpaired) electrons. The van der Waals surface area contributed by atoms with E-state index in [0.717, 1.165) is 0 Å². The molecule has 0 aromatic rings. The Morgan fingerprint density at radius 3 is 0.964 bits per heavy atom. The number of carbonyl (C=O) groups excluding carboxylic acids is 12. The first-order valence-electron chi connectivity index (χ1n) is 14.9. The topological polar surface area (TPSA) is 397 Å². The molecule has 0 aliphatic carbocycles. The van der Waals surface area contributed by atoms with Crippen molar-refractivity contribution in [1.82, 2.24) is 0 Å². The van der Waals surface area contributed by atoms with Crippen molar-refractivity contribution in [2.24, 2.45) is 0 Å². The summed E-state index contributed by atoms with van der Waals surface area (Å²) >= 11 is -19.3. The van der Waals surface area contributed by atoms with Crippen LogP contribution in [0.4, 0.5) is 0 Å². The third-order valence-electron chi connectivity index (χ3n) is 7.80. The predicted molar refractivity (Wildman–Crippen MR) is 147 cm³/mol. The molecule has 0 spiro atoms. The van der Waals surface area contributed by atoms with Gasteiger partial charge in [0.2, 0.25) is 0 Å². The Labute approximate surface area is 311 Å². The van der Waals surface area contributed by atoms with E-state index < -0.39 is 189 Å². The SMILES string of the molecule is O=C1CC2(O)CC(=O)[O][Ge]([O]C(=O)CC(O)(CC(=O)[O][Ge]34[O]C(=O)CC(O)(CC(=O)[O]3)C(=O)[O]4)C(=O)[O][Ge]34[O]C(=O)CC(O)(CC(=O)[O]3)C(=O)[O]4)([O]1)[O]C2=O. The van der Waals surface area contributed by atoms with Crippen LogP contribution < -0.4 is 0 Å². The van der Waals surface area contributed by atoms with Crippen LogP contribution in [-0.2, 0) is 103 Å². The van der Waals surface area contributed by atoms with E-state index in [-0.39, 0.29) is 0 Å². The van der Waals surface area contributed by atoms with E-state index in [2.05, 4.69) is 0 Å². The summed E-state index contributed by atoms with van der Waals surface area (Å²) in [6.45, 7) is 0. The molecule has 6 saturated heterocycles. The second-order valence-electron chi connectivity index (χ2n) is 12.4. The van der Waals surface area contributed by atoms with Gasteiger partial charge in [-0.2, -0.15) is 0 Å². The van der Waals surface area contributed by atoms with E-state index in [0.29, 0.717) is 0 Å². The molecule has 0 unspecified atom stereocenters. The third-order valence-corrected chi connectivity index (χ3v) is 19.5. The van der Waals surface area contributed by atoms with Crippen molar-refractivity contribution >= 4 is 115 Å². The van der Waals surface area contributed by atoms with Gasteiger partial charge in [0.1, 0.15) is 0 Å². The standard InChI is InChI=1S/C24H20Ge3O28/c28-9-1-21(40)2-10(29)45-25(44-9,52-17(21)36)48-13(32)5-23(42,19(38)54-27-50-15(34)7-24(43,20(39)55-27)8-16(35)51-27)6-14(33)49-26-46-11(30)3-22(41,18(37)53-26)4-12(31)47-26/h40-43H,1-8H2. The van der Waals surface area contributed by atoms with Gasteiger partial charge in [-0.25, -0.2) is 0 Å². The van der Waals surface area contributed by atoms with Gasteiger partial charge >= 0.3 is 312 Å². The first-order valence-corrected chi connectivity index (χ1v) is 25.2. The molecule has 296 valence electrons. The molecule has 6 aliphatic rings. The molecular weight excluding hydrogens is 954 g/mol. The van der Waals surface area contributed by atoms with E-state index in [4.69, 9.17) is 45.2 Å². The van der Waals surface area contributed by atoms with E-state index >= 15 is 0 Å². The number of aliphatic hydroxyl groups is 4. The van der Waals surface area contributed by atoms with Crippen LogP contribution in [-0.4, -0.2) is 158 Å². The number of rotatable bonds is 8. The van der Waals surface area contributed by atoms with Crippen LogP contribution >= 0.6 is 0 Å². The van der Waals surface area contributed by atoms with E-state index in [1.165, 1.54) is 0 Å². The first kappa shape index (κ1) is 39.8. The average Bonchev–Trinajstić information content (AvgIpc) is 3.29. The Balaban J connectivity index is 1.32. The second-order valence-corrected chi connectivity index (χ2v) is 23.8.